The van der Waals surface area contributed by atoms with E-state index in [0.717, 1.165) is 13.1 Å². The zero-order chi connectivity index (χ0) is 15.5. The summed E-state index contributed by atoms with van der Waals surface area (Å²) >= 11 is 0. The first-order valence-electron chi connectivity index (χ1n) is 7.56. The molecule has 0 fully saturated rings. The lowest BCUT2D eigenvalue weighted by Crippen LogP contribution is -2.37. The molecular weight excluding hydrogens is 271 g/mol. The van der Waals surface area contributed by atoms with Gasteiger partial charge in [-0.05, 0) is 19.9 Å². The highest BCUT2D eigenvalue weighted by Crippen LogP contribution is 2.15. The number of nitrogens with zero attached hydrogens (tertiary/aromatic N) is 1. The number of hydrogen-bond donors (Lipinski definition) is 1. The van der Waals surface area contributed by atoms with Crippen molar-refractivity contribution < 1.29 is 13.9 Å². The van der Waals surface area contributed by atoms with Gasteiger partial charge in [-0.25, -0.2) is 4.39 Å². The van der Waals surface area contributed by atoms with Gasteiger partial charge in [0.2, 0.25) is 0 Å². The molecule has 5 heteroatoms. The Morgan fingerprint density at radius 2 is 1.67 bits per heavy atom. The lowest BCUT2D eigenvalue weighted by atomic mass is 10.1. The van der Waals surface area contributed by atoms with E-state index in [1.54, 1.807) is 12.1 Å². The van der Waals surface area contributed by atoms with E-state index < -0.39 is 0 Å². The van der Waals surface area contributed by atoms with Crippen LogP contribution in [-0.4, -0.2) is 51.0 Å². The molecule has 2 N–H and O–H groups in total. The van der Waals surface area contributed by atoms with Crippen molar-refractivity contribution in [3.05, 3.63) is 35.6 Å². The summed E-state index contributed by atoms with van der Waals surface area (Å²) in [4.78, 5) is 2.16. The summed E-state index contributed by atoms with van der Waals surface area (Å²) in [5.74, 6) is -0.250. The van der Waals surface area contributed by atoms with Gasteiger partial charge in [-0.2, -0.15) is 0 Å². The fourth-order valence-electron chi connectivity index (χ4n) is 2.12. The van der Waals surface area contributed by atoms with E-state index in [4.69, 9.17) is 15.2 Å². The smallest absolute Gasteiger partial charge is 0.128 e. The summed E-state index contributed by atoms with van der Waals surface area (Å²) in [6.45, 7) is 8.73. The molecule has 0 radical (unpaired) electrons. The van der Waals surface area contributed by atoms with E-state index in [9.17, 15) is 4.39 Å². The number of rotatable bonds is 11. The van der Waals surface area contributed by atoms with Gasteiger partial charge in [0.1, 0.15) is 5.82 Å². The maximum Gasteiger partial charge on any atom is 0.128 e. The third-order valence-electron chi connectivity index (χ3n) is 3.27. The van der Waals surface area contributed by atoms with Crippen LogP contribution in [0.15, 0.2) is 24.3 Å². The molecule has 0 aliphatic heterocycles. The van der Waals surface area contributed by atoms with Crippen LogP contribution in [0, 0.1) is 5.82 Å². The molecule has 0 amide bonds. The van der Waals surface area contributed by atoms with Crippen LogP contribution in [0.4, 0.5) is 4.39 Å². The van der Waals surface area contributed by atoms with Crippen molar-refractivity contribution in [2.45, 2.75) is 19.9 Å². The molecule has 0 saturated carbocycles. The Labute approximate surface area is 127 Å². The van der Waals surface area contributed by atoms with Crippen LogP contribution in [0.25, 0.3) is 0 Å². The van der Waals surface area contributed by atoms with Gasteiger partial charge in [0.05, 0.1) is 13.2 Å². The van der Waals surface area contributed by atoms with Crippen LogP contribution in [0.1, 0.15) is 25.5 Å². The summed E-state index contributed by atoms with van der Waals surface area (Å²) in [6.07, 6.45) is 0. The monoisotopic (exact) mass is 298 g/mol. The van der Waals surface area contributed by atoms with Gasteiger partial charge in [0.25, 0.3) is 0 Å². The normalized spacial score (nSPS) is 12.8. The SMILES string of the molecule is CCOCCN(CCOCC)CC(N)c1ccccc1F. The molecule has 1 unspecified atom stereocenters. The summed E-state index contributed by atoms with van der Waals surface area (Å²) in [5, 5.41) is 0. The van der Waals surface area contributed by atoms with Crippen molar-refractivity contribution in [2.75, 3.05) is 46.1 Å². The van der Waals surface area contributed by atoms with Crippen molar-refractivity contribution in [3.63, 3.8) is 0 Å². The van der Waals surface area contributed by atoms with Crippen LogP contribution in [0.3, 0.4) is 0 Å². The van der Waals surface area contributed by atoms with E-state index in [-0.39, 0.29) is 11.9 Å². The zero-order valence-electron chi connectivity index (χ0n) is 13.1. The van der Waals surface area contributed by atoms with Crippen LogP contribution < -0.4 is 5.73 Å². The lowest BCUT2D eigenvalue weighted by molar-refractivity contribution is 0.0801. The fraction of sp³-hybridized carbons (Fsp3) is 0.625. The molecule has 0 spiro atoms. The second-order valence-corrected chi connectivity index (χ2v) is 4.82. The Bertz CT molecular complexity index is 380. The van der Waals surface area contributed by atoms with Gasteiger partial charge < -0.3 is 15.2 Å². The average Bonchev–Trinajstić information content (AvgIpc) is 2.48. The molecule has 0 aliphatic carbocycles. The summed E-state index contributed by atoms with van der Waals surface area (Å²) in [5.41, 5.74) is 6.69. The predicted octanol–water partition coefficient (Wildman–Crippen LogP) is 2.20. The number of benzene rings is 1. The standard InChI is InChI=1S/C16H27FN2O2/c1-3-20-11-9-19(10-12-21-4-2)13-16(18)14-7-5-6-8-15(14)17/h5-8,16H,3-4,9-13,18H2,1-2H3. The predicted molar refractivity (Wildman–Crippen MR) is 82.8 cm³/mol. The van der Waals surface area contributed by atoms with E-state index in [2.05, 4.69) is 4.90 Å². The van der Waals surface area contributed by atoms with E-state index >= 15 is 0 Å². The third-order valence-corrected chi connectivity index (χ3v) is 3.27. The third kappa shape index (κ3) is 7.00. The second-order valence-electron chi connectivity index (χ2n) is 4.82. The molecule has 1 atom stereocenters. The Morgan fingerprint density at radius 1 is 1.10 bits per heavy atom. The van der Waals surface area contributed by atoms with Crippen molar-refractivity contribution in [1.82, 2.24) is 4.90 Å². The van der Waals surface area contributed by atoms with Crippen molar-refractivity contribution >= 4 is 0 Å². The summed E-state index contributed by atoms with van der Waals surface area (Å²) < 4.78 is 24.5. The Kier molecular flexibility index (Phi) is 9.17. The summed E-state index contributed by atoms with van der Waals surface area (Å²) in [7, 11) is 0. The molecule has 0 heterocycles. The van der Waals surface area contributed by atoms with Crippen LogP contribution in [0.5, 0.6) is 0 Å². The molecule has 1 aromatic rings. The minimum Gasteiger partial charge on any atom is -0.380 e. The lowest BCUT2D eigenvalue weighted by Gasteiger charge is -2.25. The minimum absolute atomic E-state index is 0.250. The molecule has 1 aromatic carbocycles. The first kappa shape index (κ1) is 18.0. The van der Waals surface area contributed by atoms with Gasteiger partial charge in [-0.1, -0.05) is 18.2 Å². The molecule has 4 nitrogen and oxygen atoms in total. The minimum atomic E-state index is -0.352. The highest BCUT2D eigenvalue weighted by atomic mass is 19.1. The first-order chi connectivity index (χ1) is 10.2. The maximum absolute atomic E-state index is 13.8. The zero-order valence-corrected chi connectivity index (χ0v) is 13.1. The molecule has 21 heavy (non-hydrogen) atoms. The topological polar surface area (TPSA) is 47.7 Å². The van der Waals surface area contributed by atoms with Crippen LogP contribution >= 0.6 is 0 Å². The Morgan fingerprint density at radius 3 is 2.19 bits per heavy atom. The molecule has 0 saturated heterocycles. The number of ether oxygens (including phenoxy) is 2. The van der Waals surface area contributed by atoms with Gasteiger partial charge in [0, 0.05) is 44.5 Å². The molecule has 0 aliphatic rings. The Balaban J connectivity index is 2.54. The molecule has 1 rings (SSSR count). The molecule has 120 valence electrons. The first-order valence-corrected chi connectivity index (χ1v) is 7.56. The van der Waals surface area contributed by atoms with E-state index in [1.807, 2.05) is 19.9 Å². The molecule has 0 bridgehead atoms. The quantitative estimate of drug-likeness (QED) is 0.636. The van der Waals surface area contributed by atoms with Gasteiger partial charge in [-0.3, -0.25) is 4.90 Å². The number of nitrogens with two attached hydrogens (primary N) is 1. The van der Waals surface area contributed by atoms with Crippen molar-refractivity contribution in [3.8, 4) is 0 Å². The largest absolute Gasteiger partial charge is 0.380 e. The summed E-state index contributed by atoms with van der Waals surface area (Å²) in [6, 6.07) is 6.31. The fourth-order valence-corrected chi connectivity index (χ4v) is 2.12. The van der Waals surface area contributed by atoms with E-state index in [0.29, 0.717) is 38.5 Å². The molecule has 0 aromatic heterocycles. The second kappa shape index (κ2) is 10.7. The number of hydrogen-bond acceptors (Lipinski definition) is 4. The number of halogens is 1. The maximum atomic E-state index is 13.8. The molecular formula is C16H27FN2O2. The average molecular weight is 298 g/mol. The van der Waals surface area contributed by atoms with Gasteiger partial charge >= 0.3 is 0 Å². The van der Waals surface area contributed by atoms with E-state index in [1.165, 1.54) is 6.07 Å². The highest BCUT2D eigenvalue weighted by Gasteiger charge is 2.15. The Hall–Kier alpha value is -1.01. The van der Waals surface area contributed by atoms with Crippen LogP contribution in [-0.2, 0) is 9.47 Å². The van der Waals surface area contributed by atoms with Crippen LogP contribution in [0.2, 0.25) is 0 Å². The van der Waals surface area contributed by atoms with Gasteiger partial charge in [-0.15, -0.1) is 0 Å². The van der Waals surface area contributed by atoms with Gasteiger partial charge in [0.15, 0.2) is 0 Å². The van der Waals surface area contributed by atoms with Crippen molar-refractivity contribution in [2.24, 2.45) is 5.73 Å². The highest BCUT2D eigenvalue weighted by molar-refractivity contribution is 5.21. The van der Waals surface area contributed by atoms with Crippen molar-refractivity contribution in [1.29, 1.82) is 0 Å².